The van der Waals surface area contributed by atoms with Gasteiger partial charge < -0.3 is 19.9 Å². The molecule has 0 radical (unpaired) electrons. The van der Waals surface area contributed by atoms with Crippen LogP contribution in [-0.4, -0.2) is 62.9 Å². The molecule has 1 amide bonds. The van der Waals surface area contributed by atoms with Gasteiger partial charge in [0.25, 0.3) is 0 Å². The van der Waals surface area contributed by atoms with Crippen LogP contribution in [0.4, 0.5) is 0 Å². The second-order valence-corrected chi connectivity index (χ2v) is 9.35. The minimum atomic E-state index is -3.79. The molecular formula is C22H29N3O6S. The lowest BCUT2D eigenvalue weighted by Gasteiger charge is -2.36. The number of aromatic nitrogens is 1. The lowest BCUT2D eigenvalue weighted by atomic mass is 9.98. The summed E-state index contributed by atoms with van der Waals surface area (Å²) in [5, 5.41) is 12.6. The third-order valence-corrected chi connectivity index (χ3v) is 6.84. The van der Waals surface area contributed by atoms with Crippen molar-refractivity contribution in [2.75, 3.05) is 20.3 Å². The number of aliphatic hydroxyl groups is 1. The minimum Gasteiger partial charge on any atom is -0.497 e. The van der Waals surface area contributed by atoms with Crippen LogP contribution in [0.1, 0.15) is 24.8 Å². The number of pyridine rings is 1. The Hall–Kier alpha value is -2.53. The molecule has 1 aliphatic rings. The molecule has 32 heavy (non-hydrogen) atoms. The standard InChI is InChI=1S/C22H29N3O6S/c1-30-18-3-2-4-19(14-18)32(28,29)25-20-6-5-17(31-21(20)15-26)9-12-24-22(27)13-16-7-10-23-11-8-16/h2-4,7-8,10-11,14,17,20-21,25-26H,5-6,9,12-13,15H2,1H3,(H,24,27)/t17-,20+,21-/m1/s1. The molecule has 2 aromatic rings. The first-order chi connectivity index (χ1) is 15.4. The van der Waals surface area contributed by atoms with Crippen molar-refractivity contribution in [3.63, 3.8) is 0 Å². The molecule has 10 heteroatoms. The van der Waals surface area contributed by atoms with E-state index >= 15 is 0 Å². The third-order valence-electron chi connectivity index (χ3n) is 5.36. The number of hydrogen-bond acceptors (Lipinski definition) is 7. The van der Waals surface area contributed by atoms with Gasteiger partial charge in [-0.15, -0.1) is 0 Å². The average molecular weight is 464 g/mol. The van der Waals surface area contributed by atoms with Crippen LogP contribution in [0.25, 0.3) is 0 Å². The Morgan fingerprint density at radius 2 is 2.03 bits per heavy atom. The second kappa shape index (κ2) is 11.4. The van der Waals surface area contributed by atoms with Gasteiger partial charge in [0.1, 0.15) is 5.75 Å². The molecule has 0 spiro atoms. The van der Waals surface area contributed by atoms with Crippen LogP contribution in [0.2, 0.25) is 0 Å². The molecule has 1 aromatic carbocycles. The van der Waals surface area contributed by atoms with Crippen molar-refractivity contribution < 1.29 is 27.8 Å². The Morgan fingerprint density at radius 3 is 2.75 bits per heavy atom. The van der Waals surface area contributed by atoms with Crippen LogP contribution in [0.15, 0.2) is 53.7 Å². The zero-order valence-corrected chi connectivity index (χ0v) is 18.8. The summed E-state index contributed by atoms with van der Waals surface area (Å²) < 4.78 is 39.2. The Morgan fingerprint density at radius 1 is 1.25 bits per heavy atom. The van der Waals surface area contributed by atoms with E-state index in [-0.39, 0.29) is 29.9 Å². The highest BCUT2D eigenvalue weighted by Gasteiger charge is 2.34. The van der Waals surface area contributed by atoms with E-state index < -0.39 is 22.2 Å². The van der Waals surface area contributed by atoms with E-state index in [0.29, 0.717) is 31.6 Å². The van der Waals surface area contributed by atoms with Gasteiger partial charge in [-0.1, -0.05) is 6.07 Å². The van der Waals surface area contributed by atoms with Crippen LogP contribution >= 0.6 is 0 Å². The maximum absolute atomic E-state index is 12.8. The highest BCUT2D eigenvalue weighted by atomic mass is 32.2. The predicted octanol–water partition coefficient (Wildman–Crippen LogP) is 1.03. The number of amides is 1. The fourth-order valence-corrected chi connectivity index (χ4v) is 4.97. The van der Waals surface area contributed by atoms with Gasteiger partial charge in [0, 0.05) is 25.0 Å². The number of benzene rings is 1. The number of ether oxygens (including phenoxy) is 2. The molecule has 3 rings (SSSR count). The summed E-state index contributed by atoms with van der Waals surface area (Å²) in [6, 6.07) is 9.24. The van der Waals surface area contributed by atoms with Gasteiger partial charge in [-0.05, 0) is 49.1 Å². The molecule has 0 bridgehead atoms. The number of hydrogen-bond donors (Lipinski definition) is 3. The van der Waals surface area contributed by atoms with E-state index in [1.807, 2.05) is 0 Å². The Kier molecular flexibility index (Phi) is 8.57. The topological polar surface area (TPSA) is 127 Å². The molecule has 0 aliphatic carbocycles. The molecule has 2 heterocycles. The summed E-state index contributed by atoms with van der Waals surface area (Å²) in [7, 11) is -2.32. The number of carbonyl (C=O) groups excluding carboxylic acids is 1. The molecular weight excluding hydrogens is 434 g/mol. The summed E-state index contributed by atoms with van der Waals surface area (Å²) in [4.78, 5) is 16.1. The van der Waals surface area contributed by atoms with Gasteiger partial charge in [-0.25, -0.2) is 13.1 Å². The van der Waals surface area contributed by atoms with E-state index in [2.05, 4.69) is 15.0 Å². The molecule has 174 valence electrons. The molecule has 1 saturated heterocycles. The Balaban J connectivity index is 1.48. The van der Waals surface area contributed by atoms with Crippen LogP contribution in [-0.2, 0) is 26.0 Å². The zero-order chi connectivity index (χ0) is 23.0. The van der Waals surface area contributed by atoms with Gasteiger partial charge in [-0.3, -0.25) is 9.78 Å². The average Bonchev–Trinajstić information content (AvgIpc) is 2.80. The SMILES string of the molecule is COc1cccc(S(=O)(=O)N[C@H]2CC[C@H](CCNC(=O)Cc3ccncc3)O[C@@H]2CO)c1. The van der Waals surface area contributed by atoms with Gasteiger partial charge in [0.2, 0.25) is 15.9 Å². The van der Waals surface area contributed by atoms with Crippen LogP contribution < -0.4 is 14.8 Å². The van der Waals surface area contributed by atoms with Crippen molar-refractivity contribution in [2.24, 2.45) is 0 Å². The predicted molar refractivity (Wildman–Crippen MR) is 118 cm³/mol. The second-order valence-electron chi connectivity index (χ2n) is 7.63. The van der Waals surface area contributed by atoms with Crippen molar-refractivity contribution in [2.45, 2.75) is 48.8 Å². The maximum Gasteiger partial charge on any atom is 0.241 e. The molecule has 1 aliphatic heterocycles. The number of methoxy groups -OCH3 is 1. The monoisotopic (exact) mass is 463 g/mol. The largest absolute Gasteiger partial charge is 0.497 e. The van der Waals surface area contributed by atoms with E-state index in [4.69, 9.17) is 9.47 Å². The van der Waals surface area contributed by atoms with Crippen LogP contribution in [0.3, 0.4) is 0 Å². The number of aliphatic hydroxyl groups excluding tert-OH is 1. The first-order valence-electron chi connectivity index (χ1n) is 10.5. The van der Waals surface area contributed by atoms with Crippen LogP contribution in [0.5, 0.6) is 5.75 Å². The van der Waals surface area contributed by atoms with Crippen molar-refractivity contribution in [1.82, 2.24) is 15.0 Å². The van der Waals surface area contributed by atoms with Crippen molar-refractivity contribution in [3.8, 4) is 5.75 Å². The molecule has 3 N–H and O–H groups in total. The molecule has 0 saturated carbocycles. The summed E-state index contributed by atoms with van der Waals surface area (Å²) >= 11 is 0. The third kappa shape index (κ3) is 6.73. The van der Waals surface area contributed by atoms with Gasteiger partial charge in [0.05, 0.1) is 43.3 Å². The molecule has 1 aromatic heterocycles. The molecule has 0 unspecified atom stereocenters. The lowest BCUT2D eigenvalue weighted by molar-refractivity contribution is -0.121. The number of nitrogens with one attached hydrogen (secondary N) is 2. The quantitative estimate of drug-likeness (QED) is 0.480. The number of rotatable bonds is 10. The first kappa shape index (κ1) is 24.1. The van der Waals surface area contributed by atoms with Crippen molar-refractivity contribution >= 4 is 15.9 Å². The zero-order valence-electron chi connectivity index (χ0n) is 17.9. The molecule has 1 fully saturated rings. The van der Waals surface area contributed by atoms with Gasteiger partial charge in [0.15, 0.2) is 0 Å². The van der Waals surface area contributed by atoms with E-state index in [1.165, 1.54) is 19.2 Å². The molecule has 9 nitrogen and oxygen atoms in total. The Bertz CT molecular complexity index is 986. The van der Waals surface area contributed by atoms with Gasteiger partial charge in [-0.2, -0.15) is 0 Å². The number of carbonyl (C=O) groups is 1. The van der Waals surface area contributed by atoms with E-state index in [1.54, 1.807) is 36.7 Å². The molecule has 3 atom stereocenters. The number of nitrogens with zero attached hydrogens (tertiary/aromatic N) is 1. The van der Waals surface area contributed by atoms with Crippen molar-refractivity contribution in [1.29, 1.82) is 0 Å². The summed E-state index contributed by atoms with van der Waals surface area (Å²) in [6.07, 6.45) is 4.44. The summed E-state index contributed by atoms with van der Waals surface area (Å²) in [6.45, 7) is 0.128. The minimum absolute atomic E-state index is 0.0883. The van der Waals surface area contributed by atoms with E-state index in [0.717, 1.165) is 5.56 Å². The normalized spacial score (nSPS) is 21.1. The maximum atomic E-state index is 12.8. The summed E-state index contributed by atoms with van der Waals surface area (Å²) in [5.74, 6) is 0.354. The Labute approximate surface area is 188 Å². The fraction of sp³-hybridized carbons (Fsp3) is 0.455. The number of sulfonamides is 1. The summed E-state index contributed by atoms with van der Waals surface area (Å²) in [5.41, 5.74) is 0.887. The van der Waals surface area contributed by atoms with Crippen molar-refractivity contribution in [3.05, 3.63) is 54.4 Å². The highest BCUT2D eigenvalue weighted by molar-refractivity contribution is 7.89. The van der Waals surface area contributed by atoms with Gasteiger partial charge >= 0.3 is 0 Å². The smallest absolute Gasteiger partial charge is 0.241 e. The first-order valence-corrected chi connectivity index (χ1v) is 12.0. The highest BCUT2D eigenvalue weighted by Crippen LogP contribution is 2.24. The van der Waals surface area contributed by atoms with E-state index in [9.17, 15) is 18.3 Å². The lowest BCUT2D eigenvalue weighted by Crippen LogP contribution is -2.51. The fourth-order valence-electron chi connectivity index (χ4n) is 3.64. The van der Waals surface area contributed by atoms with Crippen LogP contribution in [0, 0.1) is 0 Å².